The number of anilines is 1. The summed E-state index contributed by atoms with van der Waals surface area (Å²) in [6, 6.07) is 6.18. The first-order valence-electron chi connectivity index (χ1n) is 8.36. The molecule has 1 amide bonds. The summed E-state index contributed by atoms with van der Waals surface area (Å²) in [4.78, 5) is 14.0. The highest BCUT2D eigenvalue weighted by atomic mass is 35.5. The average molecular weight is 355 g/mol. The lowest BCUT2D eigenvalue weighted by Crippen LogP contribution is -2.38. The van der Waals surface area contributed by atoms with Gasteiger partial charge in [0.05, 0.1) is 12.0 Å². The highest BCUT2D eigenvalue weighted by molar-refractivity contribution is 6.18. The zero-order valence-corrected chi connectivity index (χ0v) is 15.4. The monoisotopic (exact) mass is 354 g/mol. The Kier molecular flexibility index (Phi) is 6.35. The van der Waals surface area contributed by atoms with Gasteiger partial charge in [0.2, 0.25) is 0 Å². The van der Waals surface area contributed by atoms with E-state index in [1.54, 1.807) is 4.90 Å². The maximum Gasteiger partial charge on any atom is 0.410 e. The van der Waals surface area contributed by atoms with Crippen LogP contribution in [-0.2, 0) is 17.6 Å². The lowest BCUT2D eigenvalue weighted by molar-refractivity contribution is 0.0258. The number of amides is 1. The van der Waals surface area contributed by atoms with E-state index in [0.717, 1.165) is 18.5 Å². The van der Waals surface area contributed by atoms with E-state index in [0.29, 0.717) is 19.6 Å². The number of aliphatic hydroxyl groups is 1. The Bertz CT molecular complexity index is 572. The van der Waals surface area contributed by atoms with Crippen LogP contribution in [-0.4, -0.2) is 53.3 Å². The summed E-state index contributed by atoms with van der Waals surface area (Å²) < 4.78 is 5.47. The van der Waals surface area contributed by atoms with Crippen molar-refractivity contribution in [3.05, 3.63) is 29.3 Å². The van der Waals surface area contributed by atoms with Gasteiger partial charge in [0.15, 0.2) is 0 Å². The summed E-state index contributed by atoms with van der Waals surface area (Å²) in [6.45, 7) is 7.38. The summed E-state index contributed by atoms with van der Waals surface area (Å²) in [5.41, 5.74) is 2.97. The highest BCUT2D eigenvalue weighted by Crippen LogP contribution is 2.21. The van der Waals surface area contributed by atoms with Crippen molar-refractivity contribution in [3.63, 3.8) is 0 Å². The van der Waals surface area contributed by atoms with Crippen LogP contribution in [0.15, 0.2) is 18.2 Å². The van der Waals surface area contributed by atoms with Crippen LogP contribution in [0.5, 0.6) is 0 Å². The molecule has 0 bridgehead atoms. The van der Waals surface area contributed by atoms with E-state index < -0.39 is 11.7 Å². The van der Waals surface area contributed by atoms with Crippen molar-refractivity contribution in [1.29, 1.82) is 0 Å². The third kappa shape index (κ3) is 5.56. The number of carbonyl (C=O) groups is 1. The SMILES string of the molecule is CC(C)(C)OC(=O)N1CCc2ccc(NCC(O)CCl)cc2CC1. The lowest BCUT2D eigenvalue weighted by atomic mass is 10.0. The van der Waals surface area contributed by atoms with Gasteiger partial charge < -0.3 is 20.1 Å². The normalized spacial score (nSPS) is 16.1. The summed E-state index contributed by atoms with van der Waals surface area (Å²) >= 11 is 5.61. The number of ether oxygens (including phenoxy) is 1. The third-order valence-corrected chi connectivity index (χ3v) is 4.24. The molecule has 0 aromatic heterocycles. The molecule has 134 valence electrons. The second kappa shape index (κ2) is 8.08. The van der Waals surface area contributed by atoms with Gasteiger partial charge in [0.1, 0.15) is 5.60 Å². The molecule has 1 heterocycles. The molecule has 0 saturated heterocycles. The molecule has 1 unspecified atom stereocenters. The number of aliphatic hydroxyl groups excluding tert-OH is 1. The van der Waals surface area contributed by atoms with E-state index >= 15 is 0 Å². The zero-order valence-electron chi connectivity index (χ0n) is 14.6. The Balaban J connectivity index is 1.99. The molecule has 5 nitrogen and oxygen atoms in total. The van der Waals surface area contributed by atoms with Gasteiger partial charge in [-0.25, -0.2) is 4.79 Å². The minimum Gasteiger partial charge on any atom is -0.444 e. The van der Waals surface area contributed by atoms with E-state index in [9.17, 15) is 9.90 Å². The van der Waals surface area contributed by atoms with Crippen LogP contribution < -0.4 is 5.32 Å². The van der Waals surface area contributed by atoms with Crippen LogP contribution in [0.3, 0.4) is 0 Å². The minimum atomic E-state index is -0.562. The van der Waals surface area contributed by atoms with Crippen LogP contribution in [0.4, 0.5) is 10.5 Å². The molecule has 0 aliphatic carbocycles. The largest absolute Gasteiger partial charge is 0.444 e. The van der Waals surface area contributed by atoms with Crippen molar-refractivity contribution < 1.29 is 14.6 Å². The molecule has 1 aliphatic rings. The molecule has 0 fully saturated rings. The Morgan fingerprint density at radius 1 is 1.33 bits per heavy atom. The third-order valence-electron chi connectivity index (χ3n) is 3.88. The van der Waals surface area contributed by atoms with Crippen molar-refractivity contribution in [2.24, 2.45) is 0 Å². The topological polar surface area (TPSA) is 61.8 Å². The lowest BCUT2D eigenvalue weighted by Gasteiger charge is -2.26. The molecule has 2 rings (SSSR count). The van der Waals surface area contributed by atoms with Gasteiger partial charge >= 0.3 is 6.09 Å². The molecular weight excluding hydrogens is 328 g/mol. The summed E-state index contributed by atoms with van der Waals surface area (Å²) in [6.07, 6.45) is 0.799. The number of alkyl halides is 1. The number of halogens is 1. The van der Waals surface area contributed by atoms with Crippen LogP contribution in [0, 0.1) is 0 Å². The van der Waals surface area contributed by atoms with Gasteiger partial charge in [-0.1, -0.05) is 6.07 Å². The molecule has 0 saturated carbocycles. The smallest absolute Gasteiger partial charge is 0.410 e. The number of hydrogen-bond donors (Lipinski definition) is 2. The van der Waals surface area contributed by atoms with E-state index in [1.807, 2.05) is 26.8 Å². The maximum absolute atomic E-state index is 12.2. The van der Waals surface area contributed by atoms with Gasteiger partial charge in [-0.3, -0.25) is 0 Å². The second-order valence-electron chi connectivity index (χ2n) is 7.14. The fourth-order valence-corrected chi connectivity index (χ4v) is 2.74. The molecule has 1 atom stereocenters. The second-order valence-corrected chi connectivity index (χ2v) is 7.45. The first-order chi connectivity index (χ1) is 11.3. The highest BCUT2D eigenvalue weighted by Gasteiger charge is 2.24. The Hall–Kier alpha value is -1.46. The van der Waals surface area contributed by atoms with Gasteiger partial charge in [-0.2, -0.15) is 0 Å². The quantitative estimate of drug-likeness (QED) is 0.816. The standard InChI is InChI=1S/C18H27ClN2O3/c1-18(2,3)24-17(23)21-8-6-13-4-5-15(10-14(13)7-9-21)20-12-16(22)11-19/h4-5,10,16,20,22H,6-9,11-12H2,1-3H3. The summed E-state index contributed by atoms with van der Waals surface area (Å²) in [5.74, 6) is 0.211. The maximum atomic E-state index is 12.2. The fraction of sp³-hybridized carbons (Fsp3) is 0.611. The Morgan fingerprint density at radius 2 is 2.00 bits per heavy atom. The van der Waals surface area contributed by atoms with Gasteiger partial charge in [0, 0.05) is 25.3 Å². The number of benzene rings is 1. The van der Waals surface area contributed by atoms with Crippen LogP contribution in [0.25, 0.3) is 0 Å². The first kappa shape index (κ1) is 18.9. The molecular formula is C18H27ClN2O3. The van der Waals surface area contributed by atoms with Crippen molar-refractivity contribution in [1.82, 2.24) is 4.90 Å². The Morgan fingerprint density at radius 3 is 2.62 bits per heavy atom. The number of rotatable bonds is 4. The van der Waals surface area contributed by atoms with E-state index in [-0.39, 0.29) is 12.0 Å². The van der Waals surface area contributed by atoms with Crippen LogP contribution >= 0.6 is 11.6 Å². The van der Waals surface area contributed by atoms with E-state index in [2.05, 4.69) is 17.4 Å². The number of nitrogens with one attached hydrogen (secondary N) is 1. The van der Waals surface area contributed by atoms with E-state index in [4.69, 9.17) is 16.3 Å². The molecule has 0 spiro atoms. The first-order valence-corrected chi connectivity index (χ1v) is 8.89. The molecule has 6 heteroatoms. The molecule has 24 heavy (non-hydrogen) atoms. The number of hydrogen-bond acceptors (Lipinski definition) is 4. The van der Waals surface area contributed by atoms with E-state index in [1.165, 1.54) is 11.1 Å². The summed E-state index contributed by atoms with van der Waals surface area (Å²) in [5, 5.41) is 12.7. The van der Waals surface area contributed by atoms with Crippen molar-refractivity contribution in [2.75, 3.05) is 30.8 Å². The van der Waals surface area contributed by atoms with Gasteiger partial charge in [-0.15, -0.1) is 11.6 Å². The molecule has 2 N–H and O–H groups in total. The number of nitrogens with zero attached hydrogens (tertiary/aromatic N) is 1. The molecule has 1 aromatic carbocycles. The number of fused-ring (bicyclic) bond motifs is 1. The fourth-order valence-electron chi connectivity index (χ4n) is 2.63. The van der Waals surface area contributed by atoms with Gasteiger partial charge in [0.25, 0.3) is 0 Å². The molecule has 1 aromatic rings. The summed E-state index contributed by atoms with van der Waals surface area (Å²) in [7, 11) is 0. The van der Waals surface area contributed by atoms with Crippen LogP contribution in [0.1, 0.15) is 31.9 Å². The minimum absolute atomic E-state index is 0.211. The predicted molar refractivity (Wildman–Crippen MR) is 96.9 cm³/mol. The average Bonchev–Trinajstić information content (AvgIpc) is 2.73. The van der Waals surface area contributed by atoms with Gasteiger partial charge in [-0.05, 0) is 56.9 Å². The van der Waals surface area contributed by atoms with Crippen molar-refractivity contribution >= 4 is 23.4 Å². The van der Waals surface area contributed by atoms with Crippen LogP contribution in [0.2, 0.25) is 0 Å². The molecule has 1 aliphatic heterocycles. The van der Waals surface area contributed by atoms with Crippen molar-refractivity contribution in [3.8, 4) is 0 Å². The zero-order chi connectivity index (χ0) is 17.7. The number of carbonyl (C=O) groups excluding carboxylic acids is 1. The van der Waals surface area contributed by atoms with Crippen molar-refractivity contribution in [2.45, 2.75) is 45.3 Å². The Labute approximate surface area is 148 Å². The molecule has 0 radical (unpaired) electrons. The predicted octanol–water partition coefficient (Wildman–Crippen LogP) is 3.03.